The van der Waals surface area contributed by atoms with E-state index in [4.69, 9.17) is 12.2 Å². The number of nitrogens with one attached hydrogen (secondary N) is 2. The van der Waals surface area contributed by atoms with Crippen molar-refractivity contribution in [3.05, 3.63) is 82.9 Å². The predicted molar refractivity (Wildman–Crippen MR) is 148 cm³/mol. The summed E-state index contributed by atoms with van der Waals surface area (Å²) in [4.78, 5) is 19.7. The van der Waals surface area contributed by atoms with E-state index < -0.39 is 0 Å². The minimum Gasteiger partial charge on any atom is -0.352 e. The smallest absolute Gasteiger partial charge is 0.226 e. The standard InChI is InChI=1S/C29H35N5OS/c1-19-11-13-22(14-12-19)31-26(35)15-17-33-28(27(32-29(33)36)25-10-6-7-16-30-25)24-18-20(2)34(21(24)3)23-8-4-5-9-23/h6-7,10-14,16,18,23,27-28H,4-5,8-9,15,17H2,1-3H3,(H,31,35)(H,32,36). The quantitative estimate of drug-likeness (QED) is 0.393. The molecule has 1 saturated heterocycles. The van der Waals surface area contributed by atoms with Crippen LogP contribution < -0.4 is 10.6 Å². The molecule has 5 rings (SSSR count). The van der Waals surface area contributed by atoms with Crippen molar-refractivity contribution in [2.45, 2.75) is 71.0 Å². The lowest BCUT2D eigenvalue weighted by Crippen LogP contribution is -2.33. The van der Waals surface area contributed by atoms with Gasteiger partial charge < -0.3 is 20.1 Å². The van der Waals surface area contributed by atoms with Crippen molar-refractivity contribution in [1.82, 2.24) is 19.8 Å². The van der Waals surface area contributed by atoms with Crippen molar-refractivity contribution >= 4 is 28.9 Å². The van der Waals surface area contributed by atoms with Gasteiger partial charge in [0.2, 0.25) is 5.91 Å². The summed E-state index contributed by atoms with van der Waals surface area (Å²) in [7, 11) is 0. The van der Waals surface area contributed by atoms with Gasteiger partial charge in [-0.1, -0.05) is 36.6 Å². The number of thiocarbonyl (C=S) groups is 1. The maximum absolute atomic E-state index is 12.8. The number of rotatable bonds is 7. The molecule has 7 heteroatoms. The summed E-state index contributed by atoms with van der Waals surface area (Å²) >= 11 is 5.83. The fraction of sp³-hybridized carbons (Fsp3) is 0.414. The van der Waals surface area contributed by atoms with Crippen molar-refractivity contribution in [1.29, 1.82) is 0 Å². The molecule has 0 bridgehead atoms. The highest BCUT2D eigenvalue weighted by Crippen LogP contribution is 2.43. The average Bonchev–Trinajstić information content (AvgIpc) is 3.58. The van der Waals surface area contributed by atoms with Crippen LogP contribution in [0.5, 0.6) is 0 Å². The van der Waals surface area contributed by atoms with E-state index in [2.05, 4.69) is 51.1 Å². The van der Waals surface area contributed by atoms with Gasteiger partial charge in [0.05, 0.1) is 17.8 Å². The highest BCUT2D eigenvalue weighted by molar-refractivity contribution is 7.80. The first kappa shape index (κ1) is 24.5. The van der Waals surface area contributed by atoms with E-state index in [0.29, 0.717) is 24.1 Å². The van der Waals surface area contributed by atoms with Gasteiger partial charge in [0.15, 0.2) is 5.11 Å². The first-order chi connectivity index (χ1) is 17.4. The van der Waals surface area contributed by atoms with Gasteiger partial charge in [-0.05, 0) is 81.7 Å². The van der Waals surface area contributed by atoms with Crippen molar-refractivity contribution in [3.8, 4) is 0 Å². The van der Waals surface area contributed by atoms with E-state index in [1.807, 2.05) is 49.5 Å². The molecule has 0 radical (unpaired) electrons. The molecule has 2 aromatic heterocycles. The summed E-state index contributed by atoms with van der Waals surface area (Å²) in [5.41, 5.74) is 6.80. The summed E-state index contributed by atoms with van der Waals surface area (Å²) in [6.07, 6.45) is 7.25. The Morgan fingerprint density at radius 3 is 2.56 bits per heavy atom. The van der Waals surface area contributed by atoms with Gasteiger partial charge in [0.1, 0.15) is 0 Å². The number of aryl methyl sites for hydroxylation is 2. The van der Waals surface area contributed by atoms with Gasteiger partial charge >= 0.3 is 0 Å². The van der Waals surface area contributed by atoms with Crippen LogP contribution in [-0.4, -0.2) is 32.0 Å². The third-order valence-electron chi connectivity index (χ3n) is 7.64. The van der Waals surface area contributed by atoms with Gasteiger partial charge in [0.25, 0.3) is 0 Å². The first-order valence-corrected chi connectivity index (χ1v) is 13.4. The van der Waals surface area contributed by atoms with Crippen LogP contribution in [0, 0.1) is 20.8 Å². The Morgan fingerprint density at radius 1 is 1.11 bits per heavy atom. The molecule has 2 unspecified atom stereocenters. The Hall–Kier alpha value is -3.19. The maximum atomic E-state index is 12.8. The van der Waals surface area contributed by atoms with E-state index in [1.54, 1.807) is 0 Å². The fourth-order valence-corrected chi connectivity index (χ4v) is 6.23. The first-order valence-electron chi connectivity index (χ1n) is 13.0. The summed E-state index contributed by atoms with van der Waals surface area (Å²) in [5.74, 6) is -0.0156. The van der Waals surface area contributed by atoms with Gasteiger partial charge in [-0.15, -0.1) is 0 Å². The molecule has 188 valence electrons. The van der Waals surface area contributed by atoms with Crippen LogP contribution in [0.1, 0.15) is 78.4 Å². The second-order valence-electron chi connectivity index (χ2n) is 10.1. The van der Waals surface area contributed by atoms with Crippen LogP contribution in [0.4, 0.5) is 5.69 Å². The van der Waals surface area contributed by atoms with Crippen molar-refractivity contribution in [2.24, 2.45) is 0 Å². The molecule has 36 heavy (non-hydrogen) atoms. The van der Waals surface area contributed by atoms with Crippen LogP contribution in [0.15, 0.2) is 54.7 Å². The monoisotopic (exact) mass is 501 g/mol. The third-order valence-corrected chi connectivity index (χ3v) is 8.00. The van der Waals surface area contributed by atoms with Gasteiger partial charge in [-0.25, -0.2) is 0 Å². The number of benzene rings is 1. The molecule has 2 N–H and O–H groups in total. The van der Waals surface area contributed by atoms with Crippen molar-refractivity contribution in [3.63, 3.8) is 0 Å². The van der Waals surface area contributed by atoms with E-state index in [0.717, 1.165) is 11.4 Å². The van der Waals surface area contributed by atoms with Gasteiger partial charge in [-0.3, -0.25) is 9.78 Å². The average molecular weight is 502 g/mol. The van der Waals surface area contributed by atoms with E-state index in [9.17, 15) is 4.79 Å². The van der Waals surface area contributed by atoms with E-state index in [-0.39, 0.29) is 18.0 Å². The molecule has 1 amide bonds. The Morgan fingerprint density at radius 2 is 1.86 bits per heavy atom. The molecular weight excluding hydrogens is 466 g/mol. The maximum Gasteiger partial charge on any atom is 0.226 e. The highest BCUT2D eigenvalue weighted by Gasteiger charge is 2.41. The number of carbonyl (C=O) groups excluding carboxylic acids is 1. The molecule has 3 aromatic rings. The lowest BCUT2D eigenvalue weighted by atomic mass is 9.96. The zero-order valence-electron chi connectivity index (χ0n) is 21.3. The van der Waals surface area contributed by atoms with Crippen molar-refractivity contribution < 1.29 is 4.79 Å². The summed E-state index contributed by atoms with van der Waals surface area (Å²) in [6, 6.07) is 16.7. The lowest BCUT2D eigenvalue weighted by Gasteiger charge is -2.28. The SMILES string of the molecule is Cc1ccc(NC(=O)CCN2C(=S)NC(c3ccccn3)C2c2cc(C)n(C3CCCC3)c2C)cc1. The molecular formula is C29H35N5OS. The molecule has 1 aliphatic carbocycles. The van der Waals surface area contributed by atoms with Crippen LogP contribution in [0.25, 0.3) is 0 Å². The number of pyridine rings is 1. The van der Waals surface area contributed by atoms with Gasteiger partial charge in [0, 0.05) is 42.3 Å². The molecule has 1 aliphatic heterocycles. The molecule has 3 heterocycles. The number of hydrogen-bond acceptors (Lipinski definition) is 3. The molecule has 2 fully saturated rings. The number of hydrogen-bond donors (Lipinski definition) is 2. The van der Waals surface area contributed by atoms with Crippen LogP contribution in [0.2, 0.25) is 0 Å². The minimum atomic E-state index is -0.0728. The number of aromatic nitrogens is 2. The second kappa shape index (κ2) is 10.4. The van der Waals surface area contributed by atoms with Crippen LogP contribution in [-0.2, 0) is 4.79 Å². The van der Waals surface area contributed by atoms with Gasteiger partial charge in [-0.2, -0.15) is 0 Å². The summed E-state index contributed by atoms with van der Waals surface area (Å²) in [5, 5.41) is 7.22. The Labute approximate surface area is 219 Å². The molecule has 6 nitrogen and oxygen atoms in total. The number of nitrogens with zero attached hydrogens (tertiary/aromatic N) is 3. The molecule has 2 atom stereocenters. The van der Waals surface area contributed by atoms with E-state index in [1.165, 1.54) is 48.2 Å². The second-order valence-corrected chi connectivity index (χ2v) is 10.5. The fourth-order valence-electron chi connectivity index (χ4n) is 5.89. The number of anilines is 1. The zero-order valence-corrected chi connectivity index (χ0v) is 22.1. The molecule has 1 saturated carbocycles. The Bertz CT molecular complexity index is 1230. The molecule has 0 spiro atoms. The Balaban J connectivity index is 1.42. The molecule has 1 aromatic carbocycles. The molecule has 2 aliphatic rings. The minimum absolute atomic E-state index is 0.0156. The topological polar surface area (TPSA) is 62.2 Å². The highest BCUT2D eigenvalue weighted by atomic mass is 32.1. The Kier molecular flexibility index (Phi) is 7.10. The normalized spacial score (nSPS) is 20.1. The largest absolute Gasteiger partial charge is 0.352 e. The van der Waals surface area contributed by atoms with E-state index >= 15 is 0 Å². The number of amides is 1. The number of carbonyl (C=O) groups is 1. The van der Waals surface area contributed by atoms with Crippen LogP contribution >= 0.6 is 12.2 Å². The lowest BCUT2D eigenvalue weighted by molar-refractivity contribution is -0.116. The van der Waals surface area contributed by atoms with Crippen LogP contribution in [0.3, 0.4) is 0 Å². The third kappa shape index (κ3) is 4.89. The zero-order chi connectivity index (χ0) is 25.2. The summed E-state index contributed by atoms with van der Waals surface area (Å²) in [6.45, 7) is 7.02. The van der Waals surface area contributed by atoms with Crippen molar-refractivity contribution in [2.75, 3.05) is 11.9 Å². The predicted octanol–water partition coefficient (Wildman–Crippen LogP) is 5.92. The summed E-state index contributed by atoms with van der Waals surface area (Å²) < 4.78 is 2.53.